The highest BCUT2D eigenvalue weighted by molar-refractivity contribution is 9.10. The number of nitrogens with zero attached hydrogens (tertiary/aromatic N) is 1. The van der Waals surface area contributed by atoms with Crippen molar-refractivity contribution in [1.29, 1.82) is 0 Å². The van der Waals surface area contributed by atoms with Crippen LogP contribution in [0.3, 0.4) is 0 Å². The predicted molar refractivity (Wildman–Crippen MR) is 77.3 cm³/mol. The summed E-state index contributed by atoms with van der Waals surface area (Å²) in [5, 5.41) is 8.98. The summed E-state index contributed by atoms with van der Waals surface area (Å²) in [6.45, 7) is 0.952. The molecule has 20 heavy (non-hydrogen) atoms. The Hall–Kier alpha value is -1.36. The standard InChI is InChI=1S/C15H16BrNO3/c16-11-3-1-2-9(6-11)12-7-13(12)14(18)17-5-4-10(8-17)15(19)20/h1-3,6,10,12-13H,4-5,7-8H2,(H,19,20)/t10-,12-,13+/m1/s1. The van der Waals surface area contributed by atoms with Crippen LogP contribution in [-0.4, -0.2) is 35.0 Å². The second-order valence-electron chi connectivity index (χ2n) is 5.61. The maximum absolute atomic E-state index is 12.4. The van der Waals surface area contributed by atoms with Gasteiger partial charge in [-0.25, -0.2) is 0 Å². The summed E-state index contributed by atoms with van der Waals surface area (Å²) in [6.07, 6.45) is 1.46. The van der Waals surface area contributed by atoms with Crippen molar-refractivity contribution in [2.24, 2.45) is 11.8 Å². The van der Waals surface area contributed by atoms with Crippen LogP contribution in [0.4, 0.5) is 0 Å². The lowest BCUT2D eigenvalue weighted by Crippen LogP contribution is -2.31. The Morgan fingerprint density at radius 3 is 2.80 bits per heavy atom. The van der Waals surface area contributed by atoms with Gasteiger partial charge >= 0.3 is 5.97 Å². The van der Waals surface area contributed by atoms with Crippen molar-refractivity contribution >= 4 is 27.8 Å². The van der Waals surface area contributed by atoms with Crippen molar-refractivity contribution in [3.63, 3.8) is 0 Å². The van der Waals surface area contributed by atoms with Gasteiger partial charge in [0, 0.05) is 23.5 Å². The molecule has 2 fully saturated rings. The van der Waals surface area contributed by atoms with E-state index in [1.165, 1.54) is 5.56 Å². The van der Waals surface area contributed by atoms with Crippen LogP contribution in [0.25, 0.3) is 0 Å². The van der Waals surface area contributed by atoms with Crippen molar-refractivity contribution in [2.75, 3.05) is 13.1 Å². The minimum atomic E-state index is -0.792. The monoisotopic (exact) mass is 337 g/mol. The molecule has 3 atom stereocenters. The molecule has 0 spiro atoms. The molecule has 2 aliphatic rings. The summed E-state index contributed by atoms with van der Waals surface area (Å²) in [5.41, 5.74) is 1.19. The minimum absolute atomic E-state index is 0.0387. The number of hydrogen-bond donors (Lipinski definition) is 1. The van der Waals surface area contributed by atoms with Crippen LogP contribution in [0.1, 0.15) is 24.3 Å². The Balaban J connectivity index is 1.62. The summed E-state index contributed by atoms with van der Waals surface area (Å²) < 4.78 is 1.03. The van der Waals surface area contributed by atoms with Gasteiger partial charge in [-0.05, 0) is 36.5 Å². The summed E-state index contributed by atoms with van der Waals surface area (Å²) in [7, 11) is 0. The molecule has 1 saturated carbocycles. The van der Waals surface area contributed by atoms with Crippen LogP contribution in [0, 0.1) is 11.8 Å². The second-order valence-corrected chi connectivity index (χ2v) is 6.53. The largest absolute Gasteiger partial charge is 0.481 e. The lowest BCUT2D eigenvalue weighted by atomic mass is 10.1. The van der Waals surface area contributed by atoms with Gasteiger partial charge in [0.1, 0.15) is 0 Å². The minimum Gasteiger partial charge on any atom is -0.481 e. The van der Waals surface area contributed by atoms with Crippen LogP contribution < -0.4 is 0 Å². The van der Waals surface area contributed by atoms with Crippen LogP contribution in [0.5, 0.6) is 0 Å². The number of halogens is 1. The van der Waals surface area contributed by atoms with Gasteiger partial charge in [0.05, 0.1) is 5.92 Å². The average molecular weight is 338 g/mol. The predicted octanol–water partition coefficient (Wildman–Crippen LogP) is 2.49. The molecule has 1 amide bonds. The van der Waals surface area contributed by atoms with Crippen LogP contribution in [0.2, 0.25) is 0 Å². The molecule has 0 unspecified atom stereocenters. The SMILES string of the molecule is O=C(O)[C@@H]1CCN(C(=O)[C@H]2C[C@@H]2c2cccc(Br)c2)C1. The van der Waals surface area contributed by atoms with Gasteiger partial charge in [-0.3, -0.25) is 9.59 Å². The molecule has 0 bridgehead atoms. The molecular weight excluding hydrogens is 322 g/mol. The molecule has 1 aromatic carbocycles. The van der Waals surface area contributed by atoms with Gasteiger partial charge < -0.3 is 10.0 Å². The van der Waals surface area contributed by atoms with Crippen molar-refractivity contribution in [3.05, 3.63) is 34.3 Å². The van der Waals surface area contributed by atoms with Crippen LogP contribution >= 0.6 is 15.9 Å². The molecule has 1 aromatic rings. The highest BCUT2D eigenvalue weighted by Crippen LogP contribution is 2.49. The van der Waals surface area contributed by atoms with E-state index >= 15 is 0 Å². The lowest BCUT2D eigenvalue weighted by molar-refractivity contribution is -0.141. The van der Waals surface area contributed by atoms with Crippen LogP contribution in [0.15, 0.2) is 28.7 Å². The van der Waals surface area contributed by atoms with E-state index in [-0.39, 0.29) is 17.7 Å². The molecule has 1 aliphatic carbocycles. The van der Waals surface area contributed by atoms with E-state index in [2.05, 4.69) is 22.0 Å². The van der Waals surface area contributed by atoms with Crippen molar-refractivity contribution in [1.82, 2.24) is 4.90 Å². The highest BCUT2D eigenvalue weighted by atomic mass is 79.9. The van der Waals surface area contributed by atoms with E-state index in [4.69, 9.17) is 5.11 Å². The number of carboxylic acids is 1. The Morgan fingerprint density at radius 2 is 2.15 bits per heavy atom. The van der Waals surface area contributed by atoms with Crippen molar-refractivity contribution in [2.45, 2.75) is 18.8 Å². The Labute approximate surface area is 125 Å². The topological polar surface area (TPSA) is 57.6 Å². The third-order valence-corrected chi connectivity index (χ3v) is 4.73. The highest BCUT2D eigenvalue weighted by Gasteiger charge is 2.47. The molecule has 0 radical (unpaired) electrons. The van der Waals surface area contributed by atoms with Crippen LogP contribution in [-0.2, 0) is 9.59 Å². The fourth-order valence-corrected chi connectivity index (χ4v) is 3.39. The number of aliphatic carboxylic acids is 1. The normalized spacial score (nSPS) is 28.4. The van der Waals surface area contributed by atoms with Crippen molar-refractivity contribution in [3.8, 4) is 0 Å². The smallest absolute Gasteiger partial charge is 0.308 e. The van der Waals surface area contributed by atoms with E-state index in [1.807, 2.05) is 18.2 Å². The maximum Gasteiger partial charge on any atom is 0.308 e. The second kappa shape index (κ2) is 5.20. The summed E-state index contributed by atoms with van der Waals surface area (Å²) in [4.78, 5) is 25.0. The Bertz CT molecular complexity index is 560. The van der Waals surface area contributed by atoms with E-state index in [1.54, 1.807) is 4.90 Å². The molecule has 1 N–H and O–H groups in total. The molecule has 0 aromatic heterocycles. The van der Waals surface area contributed by atoms with Gasteiger partial charge in [-0.15, -0.1) is 0 Å². The summed E-state index contributed by atoms with van der Waals surface area (Å²) in [5.74, 6) is -0.721. The van der Waals surface area contributed by atoms with E-state index in [0.717, 1.165) is 10.9 Å². The van der Waals surface area contributed by atoms with Gasteiger partial charge in [0.15, 0.2) is 0 Å². The zero-order valence-corrected chi connectivity index (χ0v) is 12.5. The lowest BCUT2D eigenvalue weighted by Gasteiger charge is -2.15. The number of carbonyl (C=O) groups is 2. The number of likely N-dealkylation sites (tertiary alicyclic amines) is 1. The zero-order valence-electron chi connectivity index (χ0n) is 11.0. The number of hydrogen-bond acceptors (Lipinski definition) is 2. The molecule has 3 rings (SSSR count). The summed E-state index contributed by atoms with van der Waals surface area (Å²) >= 11 is 3.44. The summed E-state index contributed by atoms with van der Waals surface area (Å²) in [6, 6.07) is 8.06. The first-order valence-electron chi connectivity index (χ1n) is 6.83. The fourth-order valence-electron chi connectivity index (χ4n) is 2.97. The fraction of sp³-hybridized carbons (Fsp3) is 0.467. The third kappa shape index (κ3) is 2.59. The van der Waals surface area contributed by atoms with E-state index in [0.29, 0.717) is 25.4 Å². The number of carboxylic acid groups (broad SMARTS) is 1. The van der Waals surface area contributed by atoms with E-state index < -0.39 is 5.97 Å². The first-order valence-corrected chi connectivity index (χ1v) is 7.62. The first kappa shape index (κ1) is 13.6. The first-order chi connectivity index (χ1) is 9.56. The number of rotatable bonds is 3. The number of amides is 1. The molecule has 5 heteroatoms. The van der Waals surface area contributed by atoms with Gasteiger partial charge in [0.25, 0.3) is 0 Å². The third-order valence-electron chi connectivity index (χ3n) is 4.23. The number of benzene rings is 1. The molecular formula is C15H16BrNO3. The number of carbonyl (C=O) groups excluding carboxylic acids is 1. The molecule has 106 valence electrons. The quantitative estimate of drug-likeness (QED) is 0.921. The van der Waals surface area contributed by atoms with Gasteiger partial charge in [-0.2, -0.15) is 0 Å². The van der Waals surface area contributed by atoms with Crippen molar-refractivity contribution < 1.29 is 14.7 Å². The molecule has 1 aliphatic heterocycles. The Kier molecular flexibility index (Phi) is 3.54. The zero-order chi connectivity index (χ0) is 14.3. The maximum atomic E-state index is 12.4. The van der Waals surface area contributed by atoms with Gasteiger partial charge in [0.2, 0.25) is 5.91 Å². The average Bonchev–Trinajstić information content (AvgIpc) is 3.06. The van der Waals surface area contributed by atoms with E-state index in [9.17, 15) is 9.59 Å². The Morgan fingerprint density at radius 1 is 1.35 bits per heavy atom. The molecule has 4 nitrogen and oxygen atoms in total. The molecule has 1 heterocycles. The van der Waals surface area contributed by atoms with Gasteiger partial charge in [-0.1, -0.05) is 28.1 Å². The molecule has 1 saturated heterocycles.